The van der Waals surface area contributed by atoms with E-state index in [0.717, 1.165) is 25.8 Å². The van der Waals surface area contributed by atoms with Crippen LogP contribution in [0.15, 0.2) is 4.52 Å². The van der Waals surface area contributed by atoms with E-state index in [1.165, 1.54) is 19.3 Å². The van der Waals surface area contributed by atoms with E-state index in [-0.39, 0.29) is 11.8 Å². The van der Waals surface area contributed by atoms with Crippen LogP contribution in [0.3, 0.4) is 0 Å². The fraction of sp³-hybridized carbons (Fsp3) is 0.750. The lowest BCUT2D eigenvalue weighted by molar-refractivity contribution is -0.128. The molecule has 1 atom stereocenters. The molecule has 0 bridgehead atoms. The lowest BCUT2D eigenvalue weighted by Gasteiger charge is -2.30. The SMILES string of the molecule is N#CC1(c2nc([C@H]3CC(=O)N(CC4CCC4)C3)no2)CCC1. The molecule has 3 fully saturated rings. The first-order valence-electron chi connectivity index (χ1n) is 8.23. The van der Waals surface area contributed by atoms with E-state index in [9.17, 15) is 10.1 Å². The molecule has 0 radical (unpaired) electrons. The van der Waals surface area contributed by atoms with Crippen molar-refractivity contribution in [1.82, 2.24) is 15.0 Å². The Bertz CT molecular complexity index is 624. The molecule has 0 spiro atoms. The predicted octanol–water partition coefficient (Wildman–Crippen LogP) is 2.13. The average Bonchev–Trinajstić information content (AvgIpc) is 3.01. The van der Waals surface area contributed by atoms with Crippen LogP contribution in [0.25, 0.3) is 0 Å². The fourth-order valence-electron chi connectivity index (χ4n) is 3.61. The van der Waals surface area contributed by atoms with Gasteiger partial charge in [-0.15, -0.1) is 0 Å². The van der Waals surface area contributed by atoms with Gasteiger partial charge in [0, 0.05) is 25.4 Å². The quantitative estimate of drug-likeness (QED) is 0.850. The van der Waals surface area contributed by atoms with E-state index < -0.39 is 5.41 Å². The van der Waals surface area contributed by atoms with Crippen molar-refractivity contribution in [3.63, 3.8) is 0 Å². The molecule has 0 aromatic carbocycles. The molecule has 1 aromatic heterocycles. The van der Waals surface area contributed by atoms with E-state index >= 15 is 0 Å². The molecule has 116 valence electrons. The van der Waals surface area contributed by atoms with Crippen LogP contribution in [0.5, 0.6) is 0 Å². The smallest absolute Gasteiger partial charge is 0.247 e. The van der Waals surface area contributed by atoms with Crippen molar-refractivity contribution >= 4 is 5.91 Å². The molecule has 0 unspecified atom stereocenters. The van der Waals surface area contributed by atoms with Crippen LogP contribution in [-0.2, 0) is 10.2 Å². The summed E-state index contributed by atoms with van der Waals surface area (Å²) in [5, 5.41) is 13.4. The monoisotopic (exact) mass is 300 g/mol. The number of rotatable bonds is 4. The first-order valence-corrected chi connectivity index (χ1v) is 8.23. The first kappa shape index (κ1) is 13.7. The Morgan fingerprint density at radius 2 is 2.18 bits per heavy atom. The van der Waals surface area contributed by atoms with Crippen molar-refractivity contribution in [3.05, 3.63) is 11.7 Å². The van der Waals surface area contributed by atoms with Gasteiger partial charge in [-0.25, -0.2) is 0 Å². The average molecular weight is 300 g/mol. The first-order chi connectivity index (χ1) is 10.7. The summed E-state index contributed by atoms with van der Waals surface area (Å²) in [6.07, 6.45) is 6.86. The molecule has 4 rings (SSSR count). The summed E-state index contributed by atoms with van der Waals surface area (Å²) in [7, 11) is 0. The van der Waals surface area contributed by atoms with E-state index in [2.05, 4.69) is 16.2 Å². The van der Waals surface area contributed by atoms with Crippen molar-refractivity contribution in [2.75, 3.05) is 13.1 Å². The fourth-order valence-corrected chi connectivity index (χ4v) is 3.61. The number of aromatic nitrogens is 2. The molecule has 1 aliphatic heterocycles. The van der Waals surface area contributed by atoms with Gasteiger partial charge in [-0.2, -0.15) is 10.2 Å². The highest BCUT2D eigenvalue weighted by Crippen LogP contribution is 2.43. The van der Waals surface area contributed by atoms with Crippen molar-refractivity contribution in [2.45, 2.75) is 56.3 Å². The van der Waals surface area contributed by atoms with Crippen LogP contribution in [-0.4, -0.2) is 34.0 Å². The van der Waals surface area contributed by atoms with Gasteiger partial charge in [0.25, 0.3) is 0 Å². The summed E-state index contributed by atoms with van der Waals surface area (Å²) in [6.45, 7) is 1.57. The highest BCUT2D eigenvalue weighted by atomic mass is 16.5. The van der Waals surface area contributed by atoms with Gasteiger partial charge >= 0.3 is 0 Å². The number of nitrogens with zero attached hydrogens (tertiary/aromatic N) is 4. The third-order valence-electron chi connectivity index (χ3n) is 5.56. The van der Waals surface area contributed by atoms with Gasteiger partial charge in [-0.3, -0.25) is 4.79 Å². The van der Waals surface area contributed by atoms with E-state index in [1.807, 2.05) is 4.90 Å². The van der Waals surface area contributed by atoms with Gasteiger partial charge in [0.05, 0.1) is 6.07 Å². The highest BCUT2D eigenvalue weighted by Gasteiger charge is 2.45. The van der Waals surface area contributed by atoms with Gasteiger partial charge < -0.3 is 9.42 Å². The summed E-state index contributed by atoms with van der Waals surface area (Å²) in [5.74, 6) is 1.94. The number of carbonyl (C=O) groups excluding carboxylic acids is 1. The second-order valence-electron chi connectivity index (χ2n) is 7.00. The van der Waals surface area contributed by atoms with E-state index in [1.54, 1.807) is 0 Å². The Morgan fingerprint density at radius 3 is 2.77 bits per heavy atom. The molecule has 1 amide bonds. The number of carbonyl (C=O) groups is 1. The normalized spacial score (nSPS) is 27.3. The molecule has 3 aliphatic rings. The minimum Gasteiger partial charge on any atom is -0.342 e. The van der Waals surface area contributed by atoms with Crippen LogP contribution in [0.1, 0.15) is 62.6 Å². The summed E-state index contributed by atoms with van der Waals surface area (Å²) in [5.41, 5.74) is -0.570. The van der Waals surface area contributed by atoms with Gasteiger partial charge in [-0.05, 0) is 38.0 Å². The molecule has 2 heterocycles. The summed E-state index contributed by atoms with van der Waals surface area (Å²) < 4.78 is 5.35. The third-order valence-corrected chi connectivity index (χ3v) is 5.56. The Kier molecular flexibility index (Phi) is 3.17. The van der Waals surface area contributed by atoms with Crippen LogP contribution >= 0.6 is 0 Å². The van der Waals surface area contributed by atoms with E-state index in [4.69, 9.17) is 4.52 Å². The maximum Gasteiger partial charge on any atom is 0.247 e. The molecule has 2 saturated carbocycles. The van der Waals surface area contributed by atoms with E-state index in [0.29, 0.717) is 30.6 Å². The second-order valence-corrected chi connectivity index (χ2v) is 7.00. The van der Waals surface area contributed by atoms with Crippen molar-refractivity contribution in [2.24, 2.45) is 5.92 Å². The Labute approximate surface area is 129 Å². The number of hydrogen-bond donors (Lipinski definition) is 0. The largest absolute Gasteiger partial charge is 0.342 e. The lowest BCUT2D eigenvalue weighted by Crippen LogP contribution is -2.33. The van der Waals surface area contributed by atoms with Crippen LogP contribution in [0.4, 0.5) is 0 Å². The minimum absolute atomic E-state index is 0.0147. The molecule has 1 saturated heterocycles. The molecule has 22 heavy (non-hydrogen) atoms. The Balaban J connectivity index is 1.45. The highest BCUT2D eigenvalue weighted by molar-refractivity contribution is 5.79. The maximum atomic E-state index is 12.1. The molecule has 6 nitrogen and oxygen atoms in total. The zero-order valence-corrected chi connectivity index (χ0v) is 12.6. The number of likely N-dealkylation sites (tertiary alicyclic amines) is 1. The Morgan fingerprint density at radius 1 is 1.36 bits per heavy atom. The summed E-state index contributed by atoms with van der Waals surface area (Å²) in [4.78, 5) is 18.6. The van der Waals surface area contributed by atoms with Crippen LogP contribution in [0, 0.1) is 17.2 Å². The molecule has 0 N–H and O–H groups in total. The van der Waals surface area contributed by atoms with Gasteiger partial charge in [0.1, 0.15) is 5.41 Å². The zero-order chi connectivity index (χ0) is 15.2. The van der Waals surface area contributed by atoms with Gasteiger partial charge in [-0.1, -0.05) is 11.6 Å². The molecule has 6 heteroatoms. The predicted molar refractivity (Wildman–Crippen MR) is 76.7 cm³/mol. The molecule has 1 aromatic rings. The van der Waals surface area contributed by atoms with Crippen LogP contribution < -0.4 is 0 Å². The van der Waals surface area contributed by atoms with Crippen LogP contribution in [0.2, 0.25) is 0 Å². The Hall–Kier alpha value is -1.90. The van der Waals surface area contributed by atoms with Gasteiger partial charge in [0.15, 0.2) is 5.82 Å². The number of nitriles is 1. The molecular formula is C16H20N4O2. The topological polar surface area (TPSA) is 83.0 Å². The summed E-state index contributed by atoms with van der Waals surface area (Å²) in [6, 6.07) is 2.32. The zero-order valence-electron chi connectivity index (χ0n) is 12.6. The second kappa shape index (κ2) is 5.08. The minimum atomic E-state index is -0.570. The van der Waals surface area contributed by atoms with Crippen molar-refractivity contribution < 1.29 is 9.32 Å². The molecule has 2 aliphatic carbocycles. The third kappa shape index (κ3) is 2.11. The van der Waals surface area contributed by atoms with Crippen molar-refractivity contribution in [1.29, 1.82) is 5.26 Å². The molecular weight excluding hydrogens is 280 g/mol. The van der Waals surface area contributed by atoms with Crippen molar-refractivity contribution in [3.8, 4) is 6.07 Å². The maximum absolute atomic E-state index is 12.1. The van der Waals surface area contributed by atoms with Gasteiger partial charge in [0.2, 0.25) is 11.8 Å². The standard InChI is InChI=1S/C16H20N4O2/c17-10-16(5-2-6-16)15-18-14(19-22-15)12-7-13(21)20(9-12)8-11-3-1-4-11/h11-12H,1-9H2/t12-/m0/s1. The number of amides is 1. The summed E-state index contributed by atoms with van der Waals surface area (Å²) >= 11 is 0. The lowest BCUT2D eigenvalue weighted by atomic mass is 9.70. The number of hydrogen-bond acceptors (Lipinski definition) is 5.